The van der Waals surface area contributed by atoms with Crippen LogP contribution in [0.15, 0.2) is 48.0 Å². The third kappa shape index (κ3) is 2.03. The van der Waals surface area contributed by atoms with E-state index in [4.69, 9.17) is 5.73 Å². The first kappa shape index (κ1) is 12.0. The summed E-state index contributed by atoms with van der Waals surface area (Å²) in [6, 6.07) is 13.5. The Balaban J connectivity index is 1.88. The highest BCUT2D eigenvalue weighted by atomic mass is 32.1. The third-order valence-electron chi connectivity index (χ3n) is 3.17. The molecule has 6 nitrogen and oxygen atoms in total. The van der Waals surface area contributed by atoms with E-state index >= 15 is 0 Å². The number of benzene rings is 2. The monoisotopic (exact) mass is 294 g/mol. The molecule has 0 unspecified atom stereocenters. The number of hydrogen-bond donors (Lipinski definition) is 1. The summed E-state index contributed by atoms with van der Waals surface area (Å²) in [4.78, 5) is 4.27. The van der Waals surface area contributed by atoms with Gasteiger partial charge in [0.1, 0.15) is 0 Å². The van der Waals surface area contributed by atoms with Crippen molar-refractivity contribution in [2.45, 2.75) is 0 Å². The average molecular weight is 294 g/mol. The predicted molar refractivity (Wildman–Crippen MR) is 82.2 cm³/mol. The molecule has 0 aliphatic heterocycles. The molecule has 4 aromatic rings. The maximum Gasteiger partial charge on any atom is 0.187 e. The summed E-state index contributed by atoms with van der Waals surface area (Å²) in [5, 5.41) is 12.0. The molecule has 2 aromatic heterocycles. The van der Waals surface area contributed by atoms with Gasteiger partial charge in [0, 0.05) is 11.3 Å². The number of thiazole rings is 1. The fraction of sp³-hybridized carbons (Fsp3) is 0. The van der Waals surface area contributed by atoms with Gasteiger partial charge in [-0.25, -0.2) is 4.98 Å². The third-order valence-corrected chi connectivity index (χ3v) is 3.97. The van der Waals surface area contributed by atoms with Crippen LogP contribution in [0.2, 0.25) is 0 Å². The highest BCUT2D eigenvalue weighted by Gasteiger charge is 2.11. The standard InChI is InChI=1S/C14H10N6S/c15-10-3-1-2-9(6-10)14-17-18-19-20(14)11-4-5-12-13(7-11)21-8-16-12/h1-8H,15H2. The SMILES string of the molecule is Nc1cccc(-c2nnnn2-c2ccc3ncsc3c2)c1. The van der Waals surface area contributed by atoms with Crippen LogP contribution in [-0.2, 0) is 0 Å². The van der Waals surface area contributed by atoms with E-state index < -0.39 is 0 Å². The van der Waals surface area contributed by atoms with Crippen LogP contribution in [0.4, 0.5) is 5.69 Å². The van der Waals surface area contributed by atoms with Gasteiger partial charge in [-0.3, -0.25) is 0 Å². The van der Waals surface area contributed by atoms with E-state index in [1.807, 2.05) is 48.0 Å². The lowest BCUT2D eigenvalue weighted by Gasteiger charge is -2.05. The number of tetrazole rings is 1. The Labute approximate surface area is 123 Å². The summed E-state index contributed by atoms with van der Waals surface area (Å²) in [6.45, 7) is 0. The van der Waals surface area contributed by atoms with Crippen LogP contribution in [0, 0.1) is 0 Å². The van der Waals surface area contributed by atoms with Crippen molar-refractivity contribution in [2.75, 3.05) is 5.73 Å². The first-order chi connectivity index (χ1) is 10.3. The highest BCUT2D eigenvalue weighted by Crippen LogP contribution is 2.25. The van der Waals surface area contributed by atoms with Gasteiger partial charge in [0.15, 0.2) is 5.82 Å². The zero-order valence-electron chi connectivity index (χ0n) is 10.8. The number of anilines is 1. The molecule has 0 radical (unpaired) electrons. The summed E-state index contributed by atoms with van der Waals surface area (Å²) < 4.78 is 2.80. The molecule has 2 heterocycles. The minimum absolute atomic E-state index is 0.658. The van der Waals surface area contributed by atoms with Crippen LogP contribution >= 0.6 is 11.3 Å². The minimum Gasteiger partial charge on any atom is -0.399 e. The summed E-state index contributed by atoms with van der Waals surface area (Å²) in [7, 11) is 0. The van der Waals surface area contributed by atoms with Crippen LogP contribution in [0.3, 0.4) is 0 Å². The molecule has 2 aromatic carbocycles. The normalized spacial score (nSPS) is 11.0. The fourth-order valence-electron chi connectivity index (χ4n) is 2.19. The number of hydrogen-bond acceptors (Lipinski definition) is 6. The minimum atomic E-state index is 0.658. The van der Waals surface area contributed by atoms with Crippen LogP contribution in [0.1, 0.15) is 0 Å². The molecule has 0 amide bonds. The topological polar surface area (TPSA) is 82.5 Å². The molecule has 0 aliphatic rings. The summed E-state index contributed by atoms with van der Waals surface area (Å²) in [5.41, 5.74) is 11.1. The predicted octanol–water partition coefficient (Wildman–Crippen LogP) is 2.52. The molecule has 0 bridgehead atoms. The number of rotatable bonds is 2. The second-order valence-electron chi connectivity index (χ2n) is 4.54. The average Bonchev–Trinajstić information content (AvgIpc) is 3.15. The second kappa shape index (κ2) is 4.64. The van der Waals surface area contributed by atoms with E-state index in [0.29, 0.717) is 11.5 Å². The van der Waals surface area contributed by atoms with E-state index in [1.54, 1.807) is 16.0 Å². The molecule has 21 heavy (non-hydrogen) atoms. The van der Waals surface area contributed by atoms with Crippen molar-refractivity contribution in [1.29, 1.82) is 0 Å². The number of nitrogens with zero attached hydrogens (tertiary/aromatic N) is 5. The van der Waals surface area contributed by atoms with Gasteiger partial charge in [-0.15, -0.1) is 16.4 Å². The van der Waals surface area contributed by atoms with Gasteiger partial charge in [-0.1, -0.05) is 12.1 Å². The molecule has 0 aliphatic carbocycles. The Hall–Kier alpha value is -2.80. The Morgan fingerprint density at radius 1 is 1.10 bits per heavy atom. The van der Waals surface area contributed by atoms with Crippen molar-refractivity contribution in [3.05, 3.63) is 48.0 Å². The zero-order valence-corrected chi connectivity index (χ0v) is 11.7. The van der Waals surface area contributed by atoms with Gasteiger partial charge in [0.05, 0.1) is 21.4 Å². The second-order valence-corrected chi connectivity index (χ2v) is 5.43. The molecule has 2 N–H and O–H groups in total. The fourth-order valence-corrected chi connectivity index (χ4v) is 2.90. The van der Waals surface area contributed by atoms with Gasteiger partial charge >= 0.3 is 0 Å². The molecular weight excluding hydrogens is 284 g/mol. The van der Waals surface area contributed by atoms with E-state index in [0.717, 1.165) is 21.5 Å². The molecule has 0 atom stereocenters. The van der Waals surface area contributed by atoms with E-state index in [2.05, 4.69) is 20.5 Å². The zero-order chi connectivity index (χ0) is 14.2. The lowest BCUT2D eigenvalue weighted by molar-refractivity contribution is 0.792. The molecule has 0 spiro atoms. The Bertz CT molecular complexity index is 926. The lowest BCUT2D eigenvalue weighted by atomic mass is 10.2. The van der Waals surface area contributed by atoms with Crippen molar-refractivity contribution in [3.8, 4) is 17.1 Å². The van der Waals surface area contributed by atoms with Gasteiger partial charge in [0.25, 0.3) is 0 Å². The number of nitrogen functional groups attached to an aromatic ring is 1. The maximum atomic E-state index is 5.83. The van der Waals surface area contributed by atoms with Gasteiger partial charge in [-0.05, 0) is 40.8 Å². The van der Waals surface area contributed by atoms with Crippen molar-refractivity contribution in [2.24, 2.45) is 0 Å². The van der Waals surface area contributed by atoms with Crippen LogP contribution in [0.25, 0.3) is 27.3 Å². The number of fused-ring (bicyclic) bond motifs is 1. The molecule has 0 saturated heterocycles. The Morgan fingerprint density at radius 3 is 2.95 bits per heavy atom. The summed E-state index contributed by atoms with van der Waals surface area (Å²) >= 11 is 1.59. The van der Waals surface area contributed by atoms with E-state index in [1.165, 1.54) is 0 Å². The van der Waals surface area contributed by atoms with Crippen LogP contribution in [-0.4, -0.2) is 25.2 Å². The van der Waals surface area contributed by atoms with Gasteiger partial charge < -0.3 is 5.73 Å². The molecule has 0 fully saturated rings. The van der Waals surface area contributed by atoms with E-state index in [-0.39, 0.29) is 0 Å². The van der Waals surface area contributed by atoms with Crippen LogP contribution < -0.4 is 5.73 Å². The first-order valence-electron chi connectivity index (χ1n) is 6.29. The van der Waals surface area contributed by atoms with Crippen molar-refractivity contribution < 1.29 is 0 Å². The quantitative estimate of drug-likeness (QED) is 0.574. The Kier molecular flexibility index (Phi) is 2.65. The van der Waals surface area contributed by atoms with E-state index in [9.17, 15) is 0 Å². The highest BCUT2D eigenvalue weighted by molar-refractivity contribution is 7.16. The van der Waals surface area contributed by atoms with Crippen LogP contribution in [0.5, 0.6) is 0 Å². The summed E-state index contributed by atoms with van der Waals surface area (Å²) in [6.07, 6.45) is 0. The molecule has 102 valence electrons. The summed E-state index contributed by atoms with van der Waals surface area (Å²) in [5.74, 6) is 0.658. The smallest absolute Gasteiger partial charge is 0.187 e. The van der Waals surface area contributed by atoms with Crippen molar-refractivity contribution >= 4 is 27.2 Å². The largest absolute Gasteiger partial charge is 0.399 e. The Morgan fingerprint density at radius 2 is 2.05 bits per heavy atom. The van der Waals surface area contributed by atoms with Crippen molar-refractivity contribution in [1.82, 2.24) is 25.2 Å². The molecule has 4 rings (SSSR count). The van der Waals surface area contributed by atoms with Gasteiger partial charge in [-0.2, -0.15) is 4.68 Å². The molecular formula is C14H10N6S. The first-order valence-corrected chi connectivity index (χ1v) is 7.17. The molecule has 7 heteroatoms. The molecule has 0 saturated carbocycles. The number of aromatic nitrogens is 5. The van der Waals surface area contributed by atoms with Gasteiger partial charge in [0.2, 0.25) is 0 Å². The maximum absolute atomic E-state index is 5.83. The lowest BCUT2D eigenvalue weighted by Crippen LogP contribution is -2.00. The van der Waals surface area contributed by atoms with Crippen molar-refractivity contribution in [3.63, 3.8) is 0 Å². The number of nitrogens with two attached hydrogens (primary N) is 1.